The Bertz CT molecular complexity index is 560. The van der Waals surface area contributed by atoms with Crippen molar-refractivity contribution < 1.29 is 14.3 Å². The van der Waals surface area contributed by atoms with Gasteiger partial charge in [0.2, 0.25) is 0 Å². The van der Waals surface area contributed by atoms with Crippen LogP contribution in [0.1, 0.15) is 26.3 Å². The van der Waals surface area contributed by atoms with Gasteiger partial charge in [-0.05, 0) is 26.0 Å². The van der Waals surface area contributed by atoms with Crippen LogP contribution in [0.3, 0.4) is 0 Å². The summed E-state index contributed by atoms with van der Waals surface area (Å²) in [5, 5.41) is 12.0. The molecular weight excluding hydrogens is 270 g/mol. The molecule has 0 bridgehead atoms. The van der Waals surface area contributed by atoms with E-state index in [2.05, 4.69) is 16.1 Å². The monoisotopic (exact) mass is 289 g/mol. The summed E-state index contributed by atoms with van der Waals surface area (Å²) < 4.78 is 4.63. The van der Waals surface area contributed by atoms with E-state index in [0.717, 1.165) is 18.8 Å². The van der Waals surface area contributed by atoms with E-state index in [1.807, 2.05) is 24.8 Å². The second-order valence-corrected chi connectivity index (χ2v) is 4.31. The summed E-state index contributed by atoms with van der Waals surface area (Å²) in [6, 6.07) is 7.38. The van der Waals surface area contributed by atoms with Crippen LogP contribution in [0, 0.1) is 11.3 Å². The Morgan fingerprint density at radius 2 is 2.00 bits per heavy atom. The number of hydrogen-bond donors (Lipinski definition) is 1. The van der Waals surface area contributed by atoms with Crippen molar-refractivity contribution in [1.29, 1.82) is 5.26 Å². The number of nitrogens with one attached hydrogen (secondary N) is 1. The molecule has 1 aromatic carbocycles. The highest BCUT2D eigenvalue weighted by Crippen LogP contribution is 2.26. The number of anilines is 2. The van der Waals surface area contributed by atoms with Crippen molar-refractivity contribution in [3.63, 3.8) is 0 Å². The molecule has 0 aromatic heterocycles. The molecule has 0 fully saturated rings. The molecule has 1 amide bonds. The number of hydrogen-bond acceptors (Lipinski definition) is 5. The summed E-state index contributed by atoms with van der Waals surface area (Å²) in [6.45, 7) is 6.38. The third kappa shape index (κ3) is 4.49. The maximum absolute atomic E-state index is 11.7. The fourth-order valence-electron chi connectivity index (χ4n) is 1.94. The zero-order chi connectivity index (χ0) is 15.8. The lowest BCUT2D eigenvalue weighted by molar-refractivity contribution is -0.144. The molecule has 1 N–H and O–H groups in total. The fourth-order valence-corrected chi connectivity index (χ4v) is 1.94. The van der Waals surface area contributed by atoms with Crippen molar-refractivity contribution in [2.45, 2.75) is 20.8 Å². The summed E-state index contributed by atoms with van der Waals surface area (Å²) in [5.74, 6) is -0.999. The minimum atomic E-state index is -0.525. The number of rotatable bonds is 6. The lowest BCUT2D eigenvalue weighted by atomic mass is 10.1. The molecule has 0 radical (unpaired) electrons. The van der Waals surface area contributed by atoms with Crippen molar-refractivity contribution in [2.24, 2.45) is 0 Å². The second-order valence-electron chi connectivity index (χ2n) is 4.31. The first-order valence-corrected chi connectivity index (χ1v) is 6.74. The average Bonchev–Trinajstić information content (AvgIpc) is 2.46. The molecule has 6 heteroatoms. The Morgan fingerprint density at radius 3 is 2.52 bits per heavy atom. The smallest absolute Gasteiger partial charge is 0.303 e. The SMILES string of the molecule is CCN(CC)c1cccc(NC(=O)COC(C)=O)c1C#N. The molecule has 0 saturated heterocycles. The van der Waals surface area contributed by atoms with Crippen molar-refractivity contribution >= 4 is 23.3 Å². The maximum atomic E-state index is 11.7. The average molecular weight is 289 g/mol. The largest absolute Gasteiger partial charge is 0.456 e. The Balaban J connectivity index is 2.98. The maximum Gasteiger partial charge on any atom is 0.303 e. The van der Waals surface area contributed by atoms with Crippen LogP contribution >= 0.6 is 0 Å². The summed E-state index contributed by atoms with van der Waals surface area (Å²) in [7, 11) is 0. The van der Waals surface area contributed by atoms with E-state index < -0.39 is 11.9 Å². The molecule has 0 spiro atoms. The van der Waals surface area contributed by atoms with Crippen LogP contribution in [0.2, 0.25) is 0 Å². The molecule has 1 rings (SSSR count). The number of benzene rings is 1. The van der Waals surface area contributed by atoms with E-state index >= 15 is 0 Å². The Morgan fingerprint density at radius 1 is 1.33 bits per heavy atom. The molecule has 0 aliphatic carbocycles. The first-order valence-electron chi connectivity index (χ1n) is 6.74. The predicted molar refractivity (Wildman–Crippen MR) is 80.0 cm³/mol. The van der Waals surface area contributed by atoms with Gasteiger partial charge in [0.05, 0.1) is 16.9 Å². The minimum Gasteiger partial charge on any atom is -0.456 e. The molecule has 1 aromatic rings. The standard InChI is InChI=1S/C15H19N3O3/c1-4-18(5-2)14-8-6-7-13(12(14)9-16)17-15(20)10-21-11(3)19/h6-8H,4-5,10H2,1-3H3,(H,17,20). The van der Waals surface area contributed by atoms with Crippen LogP contribution < -0.4 is 10.2 Å². The normalized spacial score (nSPS) is 9.62. The van der Waals surface area contributed by atoms with Crippen molar-refractivity contribution in [3.05, 3.63) is 23.8 Å². The second kappa shape index (κ2) is 7.90. The number of nitriles is 1. The van der Waals surface area contributed by atoms with Gasteiger partial charge in [0.1, 0.15) is 6.07 Å². The van der Waals surface area contributed by atoms with Crippen molar-refractivity contribution in [2.75, 3.05) is 29.9 Å². The summed E-state index contributed by atoms with van der Waals surface area (Å²) in [4.78, 5) is 24.4. The molecule has 0 atom stereocenters. The highest BCUT2D eigenvalue weighted by molar-refractivity contribution is 5.95. The van der Waals surface area contributed by atoms with Gasteiger partial charge in [0.15, 0.2) is 6.61 Å². The van der Waals surface area contributed by atoms with Gasteiger partial charge >= 0.3 is 5.97 Å². The molecule has 6 nitrogen and oxygen atoms in total. The van der Waals surface area contributed by atoms with Crippen LogP contribution in [0.4, 0.5) is 11.4 Å². The quantitative estimate of drug-likeness (QED) is 0.809. The van der Waals surface area contributed by atoms with Gasteiger partial charge in [0.25, 0.3) is 5.91 Å². The van der Waals surface area contributed by atoms with Crippen LogP contribution in [-0.4, -0.2) is 31.6 Å². The molecule has 112 valence electrons. The molecule has 21 heavy (non-hydrogen) atoms. The van der Waals surface area contributed by atoms with E-state index in [0.29, 0.717) is 11.3 Å². The first-order chi connectivity index (χ1) is 10.0. The lowest BCUT2D eigenvalue weighted by Crippen LogP contribution is -2.24. The van der Waals surface area contributed by atoms with Crippen LogP contribution in [0.25, 0.3) is 0 Å². The van der Waals surface area contributed by atoms with Crippen molar-refractivity contribution in [3.8, 4) is 6.07 Å². The molecule has 0 aliphatic rings. The zero-order valence-electron chi connectivity index (χ0n) is 12.5. The molecule has 0 saturated carbocycles. The van der Waals surface area contributed by atoms with E-state index in [4.69, 9.17) is 0 Å². The first kappa shape index (κ1) is 16.5. The number of carbonyl (C=O) groups is 2. The summed E-state index contributed by atoms with van der Waals surface area (Å²) >= 11 is 0. The fraction of sp³-hybridized carbons (Fsp3) is 0.400. The Hall–Kier alpha value is -2.55. The third-order valence-corrected chi connectivity index (χ3v) is 2.94. The summed E-state index contributed by atoms with van der Waals surface area (Å²) in [5.41, 5.74) is 1.59. The van der Waals surface area contributed by atoms with E-state index in [1.54, 1.807) is 12.1 Å². The van der Waals surface area contributed by atoms with Crippen LogP contribution in [0.5, 0.6) is 0 Å². The minimum absolute atomic E-state index is 0.365. The van der Waals surface area contributed by atoms with Crippen LogP contribution in [-0.2, 0) is 14.3 Å². The van der Waals surface area contributed by atoms with Gasteiger partial charge in [-0.15, -0.1) is 0 Å². The van der Waals surface area contributed by atoms with Gasteiger partial charge in [-0.1, -0.05) is 6.07 Å². The highest BCUT2D eigenvalue weighted by atomic mass is 16.5. The Kier molecular flexibility index (Phi) is 6.21. The van der Waals surface area contributed by atoms with E-state index in [9.17, 15) is 14.9 Å². The summed E-state index contributed by atoms with van der Waals surface area (Å²) in [6.07, 6.45) is 0. The van der Waals surface area contributed by atoms with Gasteiger partial charge in [-0.25, -0.2) is 0 Å². The van der Waals surface area contributed by atoms with E-state index in [1.165, 1.54) is 6.92 Å². The number of amides is 1. The van der Waals surface area contributed by atoms with Crippen LogP contribution in [0.15, 0.2) is 18.2 Å². The van der Waals surface area contributed by atoms with Gasteiger partial charge in [-0.2, -0.15) is 5.26 Å². The number of carbonyl (C=O) groups excluding carboxylic acids is 2. The Labute approximate surface area is 124 Å². The van der Waals surface area contributed by atoms with Gasteiger partial charge < -0.3 is 15.0 Å². The lowest BCUT2D eigenvalue weighted by Gasteiger charge is -2.23. The van der Waals surface area contributed by atoms with Crippen molar-refractivity contribution in [1.82, 2.24) is 0 Å². The number of nitrogens with zero attached hydrogens (tertiary/aromatic N) is 2. The third-order valence-electron chi connectivity index (χ3n) is 2.94. The zero-order valence-corrected chi connectivity index (χ0v) is 12.5. The van der Waals surface area contributed by atoms with E-state index in [-0.39, 0.29) is 6.61 Å². The highest BCUT2D eigenvalue weighted by Gasteiger charge is 2.14. The number of ether oxygens (including phenoxy) is 1. The molecule has 0 heterocycles. The molecule has 0 unspecified atom stereocenters. The number of esters is 1. The topological polar surface area (TPSA) is 82.4 Å². The molecule has 0 aliphatic heterocycles. The van der Waals surface area contributed by atoms with Gasteiger partial charge in [-0.3, -0.25) is 9.59 Å². The van der Waals surface area contributed by atoms with Gasteiger partial charge in [0, 0.05) is 20.0 Å². The predicted octanol–water partition coefficient (Wildman–Crippen LogP) is 1.91. The molecular formula is C15H19N3O3.